The van der Waals surface area contributed by atoms with E-state index in [2.05, 4.69) is 19.2 Å². The van der Waals surface area contributed by atoms with Crippen molar-refractivity contribution in [3.63, 3.8) is 0 Å². The van der Waals surface area contributed by atoms with E-state index < -0.39 is 0 Å². The molecular formula is C18H27NO2. The normalized spacial score (nSPS) is 20.8. The van der Waals surface area contributed by atoms with E-state index in [0.29, 0.717) is 23.6 Å². The molecule has 21 heavy (non-hydrogen) atoms. The molecule has 1 N–H and O–H groups in total. The highest BCUT2D eigenvalue weighted by Crippen LogP contribution is 2.37. The Morgan fingerprint density at radius 2 is 2.00 bits per heavy atom. The summed E-state index contributed by atoms with van der Waals surface area (Å²) >= 11 is 0. The van der Waals surface area contributed by atoms with Gasteiger partial charge in [-0.15, -0.1) is 0 Å². The van der Waals surface area contributed by atoms with Crippen molar-refractivity contribution in [2.24, 2.45) is 5.41 Å². The molecule has 1 aliphatic carbocycles. The zero-order valence-corrected chi connectivity index (χ0v) is 13.4. The van der Waals surface area contributed by atoms with E-state index in [1.165, 1.54) is 25.7 Å². The van der Waals surface area contributed by atoms with Crippen LogP contribution in [-0.4, -0.2) is 18.6 Å². The average Bonchev–Trinajstić information content (AvgIpc) is 2.47. The van der Waals surface area contributed by atoms with Crippen molar-refractivity contribution in [3.8, 4) is 0 Å². The lowest BCUT2D eigenvalue weighted by Gasteiger charge is -2.39. The molecule has 1 fully saturated rings. The smallest absolute Gasteiger partial charge is 0.338 e. The minimum atomic E-state index is -0.235. The van der Waals surface area contributed by atoms with E-state index in [9.17, 15) is 4.79 Å². The third kappa shape index (κ3) is 4.23. The van der Waals surface area contributed by atoms with Gasteiger partial charge in [0.1, 0.15) is 0 Å². The number of esters is 1. The molecule has 1 aromatic carbocycles. The Morgan fingerprint density at radius 3 is 2.62 bits per heavy atom. The molecule has 0 spiro atoms. The van der Waals surface area contributed by atoms with Crippen LogP contribution in [0.5, 0.6) is 0 Å². The van der Waals surface area contributed by atoms with Crippen molar-refractivity contribution in [1.29, 1.82) is 0 Å². The topological polar surface area (TPSA) is 38.3 Å². The van der Waals surface area contributed by atoms with Gasteiger partial charge in [-0.05, 0) is 48.9 Å². The first-order valence-electron chi connectivity index (χ1n) is 8.06. The summed E-state index contributed by atoms with van der Waals surface area (Å²) in [6.45, 7) is 7.14. The van der Waals surface area contributed by atoms with Crippen molar-refractivity contribution < 1.29 is 9.53 Å². The first-order chi connectivity index (χ1) is 10.0. The Kier molecular flexibility index (Phi) is 5.27. The Hall–Kier alpha value is -1.51. The van der Waals surface area contributed by atoms with Crippen molar-refractivity contribution >= 4 is 11.7 Å². The van der Waals surface area contributed by atoms with Crippen LogP contribution in [0.25, 0.3) is 0 Å². The number of rotatable bonds is 5. The maximum absolute atomic E-state index is 11.8. The van der Waals surface area contributed by atoms with Crippen LogP contribution in [0.4, 0.5) is 5.69 Å². The standard InChI is InChI=1S/C18H27NO2/c1-4-13-21-17(20)14-8-10-15(11-9-14)19-16-7-5-6-12-18(16,2)3/h8-11,16,19H,4-7,12-13H2,1-3H3. The van der Waals surface area contributed by atoms with Crippen LogP contribution in [-0.2, 0) is 4.74 Å². The summed E-state index contributed by atoms with van der Waals surface area (Å²) in [5.74, 6) is -0.235. The van der Waals surface area contributed by atoms with E-state index in [4.69, 9.17) is 4.74 Å². The molecule has 0 aliphatic heterocycles. The lowest BCUT2D eigenvalue weighted by Crippen LogP contribution is -2.38. The number of benzene rings is 1. The van der Waals surface area contributed by atoms with Gasteiger partial charge in [-0.25, -0.2) is 4.79 Å². The predicted octanol–water partition coefficient (Wildman–Crippen LogP) is 4.63. The Bertz CT molecular complexity index is 465. The van der Waals surface area contributed by atoms with Crippen LogP contribution in [0.2, 0.25) is 0 Å². The summed E-state index contributed by atoms with van der Waals surface area (Å²) in [4.78, 5) is 11.8. The molecule has 0 saturated heterocycles. The highest BCUT2D eigenvalue weighted by atomic mass is 16.5. The summed E-state index contributed by atoms with van der Waals surface area (Å²) in [5.41, 5.74) is 2.04. The summed E-state index contributed by atoms with van der Waals surface area (Å²) in [5, 5.41) is 3.63. The van der Waals surface area contributed by atoms with Crippen molar-refractivity contribution in [2.75, 3.05) is 11.9 Å². The summed E-state index contributed by atoms with van der Waals surface area (Å²) in [6, 6.07) is 8.15. The fraction of sp³-hybridized carbons (Fsp3) is 0.611. The van der Waals surface area contributed by atoms with Gasteiger partial charge in [0.25, 0.3) is 0 Å². The van der Waals surface area contributed by atoms with Gasteiger partial charge in [0.2, 0.25) is 0 Å². The van der Waals surface area contributed by atoms with Crippen LogP contribution in [0.3, 0.4) is 0 Å². The molecule has 2 rings (SSSR count). The number of nitrogens with one attached hydrogen (secondary N) is 1. The molecule has 0 bridgehead atoms. The maximum atomic E-state index is 11.8. The zero-order valence-electron chi connectivity index (χ0n) is 13.4. The Labute approximate surface area is 128 Å². The van der Waals surface area contributed by atoms with Crippen molar-refractivity contribution in [1.82, 2.24) is 0 Å². The van der Waals surface area contributed by atoms with E-state index in [-0.39, 0.29) is 5.97 Å². The fourth-order valence-corrected chi connectivity index (χ4v) is 2.94. The van der Waals surface area contributed by atoms with Gasteiger partial charge < -0.3 is 10.1 Å². The van der Waals surface area contributed by atoms with Crippen LogP contribution < -0.4 is 5.32 Å². The molecule has 1 aliphatic rings. The average molecular weight is 289 g/mol. The van der Waals surface area contributed by atoms with Gasteiger partial charge in [-0.3, -0.25) is 0 Å². The second-order valence-corrected chi connectivity index (χ2v) is 6.64. The molecule has 1 unspecified atom stereocenters. The largest absolute Gasteiger partial charge is 0.462 e. The van der Waals surface area contributed by atoms with E-state index >= 15 is 0 Å². The molecule has 116 valence electrons. The number of carbonyl (C=O) groups is 1. The molecule has 1 aromatic rings. The molecule has 0 radical (unpaired) electrons. The number of anilines is 1. The fourth-order valence-electron chi connectivity index (χ4n) is 2.94. The lowest BCUT2D eigenvalue weighted by atomic mass is 9.73. The van der Waals surface area contributed by atoms with Gasteiger partial charge in [0.05, 0.1) is 12.2 Å². The Balaban J connectivity index is 1.97. The second-order valence-electron chi connectivity index (χ2n) is 6.64. The summed E-state index contributed by atoms with van der Waals surface area (Å²) in [6.07, 6.45) is 5.96. The number of ether oxygens (including phenoxy) is 1. The minimum Gasteiger partial charge on any atom is -0.462 e. The van der Waals surface area contributed by atoms with Gasteiger partial charge in [0, 0.05) is 11.7 Å². The minimum absolute atomic E-state index is 0.235. The van der Waals surface area contributed by atoms with E-state index in [0.717, 1.165) is 12.1 Å². The van der Waals surface area contributed by atoms with Gasteiger partial charge >= 0.3 is 5.97 Å². The van der Waals surface area contributed by atoms with Crippen LogP contribution >= 0.6 is 0 Å². The summed E-state index contributed by atoms with van der Waals surface area (Å²) in [7, 11) is 0. The number of hydrogen-bond donors (Lipinski definition) is 1. The van der Waals surface area contributed by atoms with Gasteiger partial charge in [0.15, 0.2) is 0 Å². The first kappa shape index (κ1) is 15.9. The number of hydrogen-bond acceptors (Lipinski definition) is 3. The molecule has 0 aromatic heterocycles. The van der Waals surface area contributed by atoms with Crippen LogP contribution in [0.15, 0.2) is 24.3 Å². The molecule has 0 heterocycles. The molecule has 3 nitrogen and oxygen atoms in total. The van der Waals surface area contributed by atoms with Gasteiger partial charge in [-0.2, -0.15) is 0 Å². The lowest BCUT2D eigenvalue weighted by molar-refractivity contribution is 0.0505. The highest BCUT2D eigenvalue weighted by Gasteiger charge is 2.31. The molecule has 0 amide bonds. The SMILES string of the molecule is CCCOC(=O)c1ccc(NC2CCCCC2(C)C)cc1. The summed E-state index contributed by atoms with van der Waals surface area (Å²) < 4.78 is 5.14. The van der Waals surface area contributed by atoms with Crippen LogP contribution in [0.1, 0.15) is 63.2 Å². The maximum Gasteiger partial charge on any atom is 0.338 e. The zero-order chi connectivity index (χ0) is 15.3. The molecular weight excluding hydrogens is 262 g/mol. The van der Waals surface area contributed by atoms with Crippen molar-refractivity contribution in [3.05, 3.63) is 29.8 Å². The molecule has 1 atom stereocenters. The Morgan fingerprint density at radius 1 is 1.29 bits per heavy atom. The first-order valence-corrected chi connectivity index (χ1v) is 8.06. The quantitative estimate of drug-likeness (QED) is 0.803. The number of carbonyl (C=O) groups excluding carboxylic acids is 1. The highest BCUT2D eigenvalue weighted by molar-refractivity contribution is 5.89. The monoisotopic (exact) mass is 289 g/mol. The van der Waals surface area contributed by atoms with Gasteiger partial charge in [-0.1, -0.05) is 33.6 Å². The van der Waals surface area contributed by atoms with E-state index in [1.54, 1.807) is 0 Å². The third-order valence-electron chi connectivity index (χ3n) is 4.41. The predicted molar refractivity (Wildman–Crippen MR) is 86.7 cm³/mol. The molecule has 1 saturated carbocycles. The molecule has 3 heteroatoms. The van der Waals surface area contributed by atoms with Crippen molar-refractivity contribution in [2.45, 2.75) is 58.9 Å². The van der Waals surface area contributed by atoms with Crippen LogP contribution in [0, 0.1) is 5.41 Å². The van der Waals surface area contributed by atoms with E-state index in [1.807, 2.05) is 31.2 Å². The third-order valence-corrected chi connectivity index (χ3v) is 4.41. The second kappa shape index (κ2) is 6.97.